The molecule has 1 aromatic carbocycles. The van der Waals surface area contributed by atoms with Crippen molar-refractivity contribution in [1.29, 1.82) is 0 Å². The van der Waals surface area contributed by atoms with E-state index in [4.69, 9.17) is 4.74 Å². The summed E-state index contributed by atoms with van der Waals surface area (Å²) in [6, 6.07) is 6.07. The highest BCUT2D eigenvalue weighted by Gasteiger charge is 2.54. The molecule has 124 valence electrons. The molecule has 3 heteroatoms. The van der Waals surface area contributed by atoms with Crippen LogP contribution in [0.25, 0.3) is 0 Å². The van der Waals surface area contributed by atoms with Crippen molar-refractivity contribution in [2.24, 2.45) is 17.3 Å². The first-order valence-electron chi connectivity index (χ1n) is 8.96. The van der Waals surface area contributed by atoms with Crippen LogP contribution < -0.4 is 4.74 Å². The van der Waals surface area contributed by atoms with Gasteiger partial charge in [0, 0.05) is 18.8 Å². The fourth-order valence-corrected chi connectivity index (χ4v) is 5.59. The van der Waals surface area contributed by atoms with Crippen LogP contribution in [0.5, 0.6) is 5.75 Å². The lowest BCUT2D eigenvalue weighted by Crippen LogP contribution is -2.42. The van der Waals surface area contributed by atoms with Gasteiger partial charge in [0.15, 0.2) is 0 Å². The van der Waals surface area contributed by atoms with Crippen molar-refractivity contribution >= 4 is 5.78 Å². The van der Waals surface area contributed by atoms with E-state index in [0.717, 1.165) is 38.5 Å². The maximum atomic E-state index is 13.1. The minimum absolute atomic E-state index is 0.0641. The number of hydrogen-bond acceptors (Lipinski definition) is 2. The number of hydrogen-bond donors (Lipinski definition) is 0. The maximum Gasteiger partial charge on any atom is 0.235 e. The van der Waals surface area contributed by atoms with Gasteiger partial charge in [0.05, 0.1) is 0 Å². The van der Waals surface area contributed by atoms with E-state index in [2.05, 4.69) is 13.0 Å². The van der Waals surface area contributed by atoms with E-state index in [9.17, 15) is 9.18 Å². The summed E-state index contributed by atoms with van der Waals surface area (Å²) in [6.07, 6.45) is 4.89. The lowest BCUT2D eigenvalue weighted by molar-refractivity contribution is -0.129. The number of carbonyl (C=O) groups excluding carboxylic acids is 1. The Labute approximate surface area is 137 Å². The van der Waals surface area contributed by atoms with Crippen molar-refractivity contribution in [3.8, 4) is 5.75 Å². The van der Waals surface area contributed by atoms with Gasteiger partial charge >= 0.3 is 0 Å². The maximum absolute atomic E-state index is 13.1. The van der Waals surface area contributed by atoms with Gasteiger partial charge in [0.1, 0.15) is 11.5 Å². The average Bonchev–Trinajstić information content (AvgIpc) is 2.82. The van der Waals surface area contributed by atoms with E-state index in [-0.39, 0.29) is 5.41 Å². The number of Topliss-reactive ketones (excluding diaryl/α,β-unsaturated/α-hetero) is 1. The Hall–Kier alpha value is -1.38. The number of alkyl halides is 1. The van der Waals surface area contributed by atoms with Crippen LogP contribution in [0.1, 0.15) is 63.0 Å². The summed E-state index contributed by atoms with van der Waals surface area (Å²) in [5.74, 6) is 2.89. The Morgan fingerprint density at radius 2 is 2.09 bits per heavy atom. The number of ketones is 1. The summed E-state index contributed by atoms with van der Waals surface area (Å²) < 4.78 is 18.3. The van der Waals surface area contributed by atoms with Gasteiger partial charge in [-0.2, -0.15) is 0 Å². The SMILES string of the molecule is CC(F)Oc1ccc2c(c1)CC[C@@H]1C2CC[C@]2(C)C(=O)CCC12. The first-order chi connectivity index (χ1) is 11.0. The number of fused-ring (bicyclic) bond motifs is 5. The normalized spacial score (nSPS) is 36.8. The van der Waals surface area contributed by atoms with Crippen molar-refractivity contribution in [2.45, 2.75) is 64.6 Å². The second-order valence-corrected chi connectivity index (χ2v) is 7.85. The van der Waals surface area contributed by atoms with Crippen LogP contribution in [0.3, 0.4) is 0 Å². The van der Waals surface area contributed by atoms with Gasteiger partial charge in [0.2, 0.25) is 6.36 Å². The number of halogens is 1. The largest absolute Gasteiger partial charge is 0.461 e. The highest BCUT2D eigenvalue weighted by Crippen LogP contribution is 2.59. The zero-order valence-electron chi connectivity index (χ0n) is 14.0. The van der Waals surface area contributed by atoms with Crippen LogP contribution in [-0.4, -0.2) is 12.1 Å². The van der Waals surface area contributed by atoms with E-state index in [0.29, 0.717) is 29.3 Å². The van der Waals surface area contributed by atoms with E-state index >= 15 is 0 Å². The zero-order chi connectivity index (χ0) is 16.2. The fourth-order valence-electron chi connectivity index (χ4n) is 5.59. The molecule has 3 unspecified atom stereocenters. The predicted octanol–water partition coefficient (Wildman–Crippen LogP) is 4.81. The molecule has 0 saturated heterocycles. The molecule has 3 aliphatic rings. The minimum atomic E-state index is -1.27. The van der Waals surface area contributed by atoms with Crippen molar-refractivity contribution in [2.75, 3.05) is 0 Å². The Balaban J connectivity index is 1.63. The van der Waals surface area contributed by atoms with Crippen molar-refractivity contribution in [3.05, 3.63) is 29.3 Å². The van der Waals surface area contributed by atoms with Crippen molar-refractivity contribution in [3.63, 3.8) is 0 Å². The Morgan fingerprint density at radius 1 is 1.26 bits per heavy atom. The van der Waals surface area contributed by atoms with Gasteiger partial charge in [0.25, 0.3) is 0 Å². The molecule has 3 aliphatic carbocycles. The van der Waals surface area contributed by atoms with Gasteiger partial charge in [-0.1, -0.05) is 13.0 Å². The summed E-state index contributed by atoms with van der Waals surface area (Å²) in [5.41, 5.74) is 2.67. The molecule has 0 heterocycles. The molecule has 0 N–H and O–H groups in total. The topological polar surface area (TPSA) is 26.3 Å². The molecule has 0 radical (unpaired) electrons. The van der Waals surface area contributed by atoms with Gasteiger partial charge in [-0.3, -0.25) is 4.79 Å². The summed E-state index contributed by atoms with van der Waals surface area (Å²) in [5, 5.41) is 0. The lowest BCUT2D eigenvalue weighted by Gasteiger charge is -2.48. The second kappa shape index (κ2) is 5.32. The van der Waals surface area contributed by atoms with E-state index < -0.39 is 6.36 Å². The predicted molar refractivity (Wildman–Crippen MR) is 87.3 cm³/mol. The van der Waals surface area contributed by atoms with Crippen LogP contribution in [0, 0.1) is 17.3 Å². The molecule has 0 aromatic heterocycles. The Kier molecular flexibility index (Phi) is 3.51. The molecule has 5 atom stereocenters. The molecule has 1 aromatic rings. The molecule has 0 spiro atoms. The zero-order valence-corrected chi connectivity index (χ0v) is 14.0. The van der Waals surface area contributed by atoms with E-state index in [1.165, 1.54) is 18.1 Å². The molecule has 4 rings (SSSR count). The highest BCUT2D eigenvalue weighted by molar-refractivity contribution is 5.87. The number of carbonyl (C=O) groups is 1. The fraction of sp³-hybridized carbons (Fsp3) is 0.650. The first kappa shape index (κ1) is 15.2. The number of ether oxygens (including phenoxy) is 1. The molecule has 0 bridgehead atoms. The highest BCUT2D eigenvalue weighted by atomic mass is 19.1. The standard InChI is InChI=1S/C20H25FO2/c1-12(21)23-14-4-6-15-13(11-14)3-5-17-16(15)9-10-20(2)18(17)7-8-19(20)22/h4,6,11-12,16-18H,3,5,7-10H2,1-2H3/t12?,16?,17-,18?,20+/m1/s1. The van der Waals surface area contributed by atoms with Crippen LogP contribution in [0.4, 0.5) is 4.39 Å². The Bertz CT molecular complexity index is 639. The van der Waals surface area contributed by atoms with Crippen LogP contribution in [-0.2, 0) is 11.2 Å². The monoisotopic (exact) mass is 316 g/mol. The third kappa shape index (κ3) is 2.31. The average molecular weight is 316 g/mol. The third-order valence-electron chi connectivity index (χ3n) is 6.71. The number of benzene rings is 1. The van der Waals surface area contributed by atoms with Gasteiger partial charge in [-0.15, -0.1) is 0 Å². The van der Waals surface area contributed by atoms with Crippen LogP contribution in [0.2, 0.25) is 0 Å². The molecule has 2 fully saturated rings. The third-order valence-corrected chi connectivity index (χ3v) is 6.71. The molecule has 2 saturated carbocycles. The summed E-state index contributed by atoms with van der Waals surface area (Å²) in [7, 11) is 0. The molecular formula is C20H25FO2. The summed E-state index contributed by atoms with van der Waals surface area (Å²) in [4.78, 5) is 12.3. The summed E-state index contributed by atoms with van der Waals surface area (Å²) in [6.45, 7) is 3.62. The molecule has 0 amide bonds. The van der Waals surface area contributed by atoms with E-state index in [1.54, 1.807) is 0 Å². The van der Waals surface area contributed by atoms with Crippen molar-refractivity contribution < 1.29 is 13.9 Å². The first-order valence-corrected chi connectivity index (χ1v) is 8.96. The van der Waals surface area contributed by atoms with Gasteiger partial charge < -0.3 is 4.74 Å². The number of rotatable bonds is 2. The number of aryl methyl sites for hydroxylation is 1. The molecule has 2 nitrogen and oxygen atoms in total. The Morgan fingerprint density at radius 3 is 2.87 bits per heavy atom. The lowest BCUT2D eigenvalue weighted by atomic mass is 9.55. The minimum Gasteiger partial charge on any atom is -0.461 e. The van der Waals surface area contributed by atoms with Gasteiger partial charge in [-0.05, 0) is 73.1 Å². The summed E-state index contributed by atoms with van der Waals surface area (Å²) >= 11 is 0. The quantitative estimate of drug-likeness (QED) is 0.783. The van der Waals surface area contributed by atoms with Crippen LogP contribution >= 0.6 is 0 Å². The molecular weight excluding hydrogens is 291 g/mol. The molecule has 23 heavy (non-hydrogen) atoms. The van der Waals surface area contributed by atoms with Crippen molar-refractivity contribution in [1.82, 2.24) is 0 Å². The van der Waals surface area contributed by atoms with E-state index in [1.807, 2.05) is 12.1 Å². The molecule has 0 aliphatic heterocycles. The van der Waals surface area contributed by atoms with Crippen LogP contribution in [0.15, 0.2) is 18.2 Å². The second-order valence-electron chi connectivity index (χ2n) is 7.85. The van der Waals surface area contributed by atoms with Gasteiger partial charge in [-0.25, -0.2) is 4.39 Å². The smallest absolute Gasteiger partial charge is 0.235 e.